The lowest BCUT2D eigenvalue weighted by Gasteiger charge is -2.50. The second kappa shape index (κ2) is 57.6. The van der Waals surface area contributed by atoms with Crippen LogP contribution in [-0.2, 0) is 42.8 Å². The van der Waals surface area contributed by atoms with Gasteiger partial charge in [0, 0.05) is 19.8 Å². The van der Waals surface area contributed by atoms with Crippen LogP contribution in [0.3, 0.4) is 0 Å². The zero-order valence-electron chi connectivity index (χ0n) is 62.8. The van der Waals surface area contributed by atoms with E-state index in [1.807, 2.05) is 0 Å². The number of amides is 2. The second-order valence-electron chi connectivity index (χ2n) is 29.6. The summed E-state index contributed by atoms with van der Waals surface area (Å²) in [6.45, 7) is 2.25. The summed E-state index contributed by atoms with van der Waals surface area (Å²) in [6.07, 6.45) is 32.1. The van der Waals surface area contributed by atoms with Crippen molar-refractivity contribution in [3.8, 4) is 0 Å². The van der Waals surface area contributed by atoms with Gasteiger partial charge >= 0.3 is 5.97 Å². The van der Waals surface area contributed by atoms with Crippen LogP contribution in [0.25, 0.3) is 0 Å². The van der Waals surface area contributed by atoms with Gasteiger partial charge in [-0.2, -0.15) is 0 Å². The SMILES string of the molecule is CCCCCCCCCCCCCC/C=C\CCCCCCCCCCCCCCCCC(=O)NC(COC1OC(CO)C(OC2OC(CO)C(O)C(OC3(C(=O)O)CC(O)C(NC(C)=O)C(C(O)C(O)CO)O3)C2O)C(O)C1O)C(O)CCCCCCCCCCCCCCCCCCC. The summed E-state index contributed by atoms with van der Waals surface area (Å²) in [4.78, 5) is 38.7. The largest absolute Gasteiger partial charge is 0.477 e. The number of hydrogen-bond donors (Lipinski definition) is 14. The van der Waals surface area contributed by atoms with E-state index < -0.39 is 148 Å². The molecule has 23 nitrogen and oxygen atoms in total. The lowest BCUT2D eigenvalue weighted by atomic mass is 9.88. The molecule has 0 radical (unpaired) electrons. The number of nitrogens with one attached hydrogen (secondary N) is 2. The summed E-state index contributed by atoms with van der Waals surface area (Å²) in [6, 6.07) is -2.53. The number of allylic oxidation sites excluding steroid dienone is 2. The first-order chi connectivity index (χ1) is 48.9. The van der Waals surface area contributed by atoms with Gasteiger partial charge in [0.2, 0.25) is 11.8 Å². The lowest BCUT2D eigenvalue weighted by molar-refractivity contribution is -0.386. The van der Waals surface area contributed by atoms with Crippen LogP contribution in [0.2, 0.25) is 0 Å². The maximum absolute atomic E-state index is 13.6. The maximum atomic E-state index is 13.6. The summed E-state index contributed by atoms with van der Waals surface area (Å²) in [7, 11) is 0. The quantitative estimate of drug-likeness (QED) is 0.0199. The number of rotatable bonds is 64. The molecule has 594 valence electrons. The number of ether oxygens (including phenoxy) is 6. The Morgan fingerprint density at radius 2 is 0.921 bits per heavy atom. The van der Waals surface area contributed by atoms with Gasteiger partial charge in [-0.3, -0.25) is 9.59 Å². The maximum Gasteiger partial charge on any atom is 0.364 e. The lowest BCUT2D eigenvalue weighted by Crippen LogP contribution is -2.70. The molecule has 0 aromatic carbocycles. The first-order valence-electron chi connectivity index (χ1n) is 40.5. The van der Waals surface area contributed by atoms with E-state index in [1.54, 1.807) is 0 Å². The van der Waals surface area contributed by atoms with Gasteiger partial charge < -0.3 is 100 Å². The Hall–Kier alpha value is -2.53. The molecular weight excluding hydrogens is 1300 g/mol. The molecule has 3 aliphatic heterocycles. The molecule has 0 saturated carbocycles. The summed E-state index contributed by atoms with van der Waals surface area (Å²) < 4.78 is 35.0. The van der Waals surface area contributed by atoms with E-state index in [-0.39, 0.29) is 18.9 Å². The predicted molar refractivity (Wildman–Crippen MR) is 389 cm³/mol. The van der Waals surface area contributed by atoms with Gasteiger partial charge in [-0.15, -0.1) is 0 Å². The molecule has 3 saturated heterocycles. The van der Waals surface area contributed by atoms with E-state index in [0.29, 0.717) is 19.3 Å². The minimum absolute atomic E-state index is 0.227. The number of aliphatic hydroxyl groups excluding tert-OH is 11. The highest BCUT2D eigenvalue weighted by Crippen LogP contribution is 2.39. The van der Waals surface area contributed by atoms with Crippen molar-refractivity contribution in [2.24, 2.45) is 0 Å². The van der Waals surface area contributed by atoms with Crippen molar-refractivity contribution in [2.45, 2.75) is 439 Å². The van der Waals surface area contributed by atoms with Gasteiger partial charge in [-0.05, 0) is 38.5 Å². The van der Waals surface area contributed by atoms with Gasteiger partial charge in [0.25, 0.3) is 5.79 Å². The summed E-state index contributed by atoms with van der Waals surface area (Å²) in [5.41, 5.74) is 0. The zero-order chi connectivity index (χ0) is 73.9. The molecule has 3 aliphatic rings. The van der Waals surface area contributed by atoms with Crippen LogP contribution >= 0.6 is 0 Å². The number of hydrogen-bond acceptors (Lipinski definition) is 20. The van der Waals surface area contributed by atoms with Crippen LogP contribution in [0.15, 0.2) is 12.2 Å². The van der Waals surface area contributed by atoms with Crippen LogP contribution in [0.5, 0.6) is 0 Å². The van der Waals surface area contributed by atoms with Gasteiger partial charge in [-0.25, -0.2) is 4.79 Å². The molecule has 0 spiro atoms. The Bertz CT molecular complexity index is 2070. The number of aliphatic hydroxyl groups is 11. The Balaban J connectivity index is 1.48. The molecular formula is C78H146N2O21. The zero-order valence-corrected chi connectivity index (χ0v) is 62.8. The molecule has 0 bridgehead atoms. The van der Waals surface area contributed by atoms with E-state index >= 15 is 0 Å². The highest BCUT2D eigenvalue weighted by Gasteiger charge is 2.60. The van der Waals surface area contributed by atoms with Gasteiger partial charge in [-0.1, -0.05) is 283 Å². The van der Waals surface area contributed by atoms with Crippen molar-refractivity contribution >= 4 is 17.8 Å². The Labute approximate surface area is 607 Å². The fourth-order valence-corrected chi connectivity index (χ4v) is 14.3. The normalized spacial score (nSPS) is 26.8. The summed E-state index contributed by atoms with van der Waals surface area (Å²) in [5, 5.41) is 136. The van der Waals surface area contributed by atoms with E-state index in [9.17, 15) is 75.7 Å². The fraction of sp³-hybridized carbons (Fsp3) is 0.936. The average Bonchev–Trinajstić information content (AvgIpc) is 0.756. The molecule has 23 heteroatoms. The van der Waals surface area contributed by atoms with Crippen molar-refractivity contribution in [1.29, 1.82) is 0 Å². The molecule has 0 aromatic heterocycles. The Morgan fingerprint density at radius 3 is 1.34 bits per heavy atom. The van der Waals surface area contributed by atoms with Crippen LogP contribution in [0, 0.1) is 0 Å². The van der Waals surface area contributed by atoms with Crippen molar-refractivity contribution in [3.63, 3.8) is 0 Å². The number of carboxylic acids is 1. The molecule has 101 heavy (non-hydrogen) atoms. The van der Waals surface area contributed by atoms with Crippen molar-refractivity contribution in [2.75, 3.05) is 26.4 Å². The molecule has 18 atom stereocenters. The highest BCUT2D eigenvalue weighted by atomic mass is 16.8. The molecule has 0 aromatic rings. The van der Waals surface area contributed by atoms with Crippen LogP contribution in [0.1, 0.15) is 329 Å². The number of aliphatic carboxylic acids is 1. The van der Waals surface area contributed by atoms with E-state index in [1.165, 1.54) is 225 Å². The second-order valence-corrected chi connectivity index (χ2v) is 29.6. The van der Waals surface area contributed by atoms with Gasteiger partial charge in [0.15, 0.2) is 12.6 Å². The van der Waals surface area contributed by atoms with E-state index in [2.05, 4.69) is 36.6 Å². The van der Waals surface area contributed by atoms with Crippen molar-refractivity contribution in [1.82, 2.24) is 10.6 Å². The number of carbonyl (C=O) groups excluding carboxylic acids is 2. The molecule has 3 fully saturated rings. The number of carboxylic acid groups (broad SMARTS) is 1. The average molecular weight is 1450 g/mol. The van der Waals surface area contributed by atoms with E-state index in [0.717, 1.165) is 58.3 Å². The van der Waals surface area contributed by atoms with Crippen molar-refractivity contribution < 1.29 is 104 Å². The van der Waals surface area contributed by atoms with Gasteiger partial charge in [0.05, 0.1) is 50.7 Å². The Kier molecular flexibility index (Phi) is 52.9. The van der Waals surface area contributed by atoms with E-state index in [4.69, 9.17) is 28.4 Å². The molecule has 14 N–H and O–H groups in total. The first kappa shape index (κ1) is 92.7. The third kappa shape index (κ3) is 38.2. The van der Waals surface area contributed by atoms with Crippen LogP contribution in [-0.4, -0.2) is 215 Å². The molecule has 0 aliphatic carbocycles. The minimum Gasteiger partial charge on any atom is -0.477 e. The topological polar surface area (TPSA) is 373 Å². The number of unbranched alkanes of at least 4 members (excludes halogenated alkanes) is 42. The molecule has 2 amide bonds. The first-order valence-corrected chi connectivity index (χ1v) is 40.5. The highest BCUT2D eigenvalue weighted by molar-refractivity contribution is 5.77. The number of carbonyl (C=O) groups is 3. The molecule has 18 unspecified atom stereocenters. The monoisotopic (exact) mass is 1450 g/mol. The van der Waals surface area contributed by atoms with Crippen LogP contribution < -0.4 is 10.6 Å². The third-order valence-electron chi connectivity index (χ3n) is 20.7. The molecule has 3 heterocycles. The van der Waals surface area contributed by atoms with Crippen LogP contribution in [0.4, 0.5) is 0 Å². The van der Waals surface area contributed by atoms with Gasteiger partial charge in [0.1, 0.15) is 67.1 Å². The fourth-order valence-electron chi connectivity index (χ4n) is 14.3. The minimum atomic E-state index is -3.08. The summed E-state index contributed by atoms with van der Waals surface area (Å²) in [5.74, 6) is -6.09. The molecule has 3 rings (SSSR count). The standard InChI is InChI=1S/C78H146N2O21/c1-4-6-8-10-12-14-16-18-20-22-23-24-25-26-27-28-29-30-31-32-33-34-36-38-40-42-44-46-48-50-52-65(88)80-59(60(85)51-49-47-45-43-41-39-37-35-21-19-17-15-13-11-9-7-5-2)57-96-75-70(92)69(91)72(64(56-83)98-75)99-76-71(93)74(68(90)63(55-82)97-76)101-78(77(94)95)53-61(86)66(79-58(3)84)73(100-78)67(89)62(87)54-81/h26-27,59-64,66-76,81-83,85-87,89-93H,4-25,28-57H2,1-3H3,(H,79,84)(H,80,88)(H,94,95)/b27-26-. The predicted octanol–water partition coefficient (Wildman–Crippen LogP) is 10.6. The smallest absolute Gasteiger partial charge is 0.364 e. The Morgan fingerprint density at radius 1 is 0.505 bits per heavy atom. The third-order valence-corrected chi connectivity index (χ3v) is 20.7. The van der Waals surface area contributed by atoms with Crippen molar-refractivity contribution in [3.05, 3.63) is 12.2 Å². The summed E-state index contributed by atoms with van der Waals surface area (Å²) >= 11 is 0.